The van der Waals surface area contributed by atoms with Crippen molar-refractivity contribution in [2.75, 3.05) is 29.9 Å². The number of nitrogens with zero attached hydrogens (tertiary/aromatic N) is 3. The van der Waals surface area contributed by atoms with Crippen LogP contribution in [0.15, 0.2) is 60.7 Å². The second-order valence-electron chi connectivity index (χ2n) is 10.4. The Kier molecular flexibility index (Phi) is 8.97. The van der Waals surface area contributed by atoms with Crippen molar-refractivity contribution < 1.29 is 4.74 Å². The molecule has 8 heteroatoms. The van der Waals surface area contributed by atoms with Crippen molar-refractivity contribution in [2.45, 2.75) is 63.2 Å². The Labute approximate surface area is 236 Å². The molecule has 2 heterocycles. The molecular formula is C30H36ClN5OS. The van der Waals surface area contributed by atoms with Crippen molar-refractivity contribution in [3.05, 3.63) is 71.2 Å². The number of benzene rings is 2. The van der Waals surface area contributed by atoms with Crippen molar-refractivity contribution >= 4 is 40.7 Å². The fraction of sp³-hybridized carbons (Fsp3) is 0.433. The van der Waals surface area contributed by atoms with Gasteiger partial charge in [0.05, 0.1) is 0 Å². The Morgan fingerprint density at radius 3 is 2.37 bits per heavy atom. The number of nitrogens with one attached hydrogen (secondary N) is 2. The first-order valence-corrected chi connectivity index (χ1v) is 14.6. The fourth-order valence-corrected chi connectivity index (χ4v) is 5.96. The molecule has 1 aliphatic carbocycles. The van der Waals surface area contributed by atoms with Gasteiger partial charge in [0.2, 0.25) is 11.8 Å². The zero-order chi connectivity index (χ0) is 26.2. The van der Waals surface area contributed by atoms with Gasteiger partial charge in [-0.1, -0.05) is 74.0 Å². The lowest BCUT2D eigenvalue weighted by Gasteiger charge is -2.38. The molecule has 1 saturated carbocycles. The second kappa shape index (κ2) is 12.8. The SMILES string of the molecule is S=C(NCC1(c2cccc(Cl)c2)CCCCC1)Nc1nc(Oc2ccccc2)cc(N2CCCCCC2)n1. The summed E-state index contributed by atoms with van der Waals surface area (Å²) in [7, 11) is 0. The number of hydrogen-bond donors (Lipinski definition) is 2. The van der Waals surface area contributed by atoms with Gasteiger partial charge in [-0.2, -0.15) is 9.97 Å². The lowest BCUT2D eigenvalue weighted by Crippen LogP contribution is -2.43. The van der Waals surface area contributed by atoms with Crippen LogP contribution in [0.2, 0.25) is 5.02 Å². The molecule has 0 unspecified atom stereocenters. The molecule has 2 aromatic carbocycles. The van der Waals surface area contributed by atoms with Crippen LogP contribution in [-0.2, 0) is 5.41 Å². The van der Waals surface area contributed by atoms with Crippen LogP contribution in [0.1, 0.15) is 63.4 Å². The summed E-state index contributed by atoms with van der Waals surface area (Å²) >= 11 is 12.1. The molecule has 0 atom stereocenters. The molecule has 1 saturated heterocycles. The lowest BCUT2D eigenvalue weighted by atomic mass is 9.69. The fourth-order valence-electron chi connectivity index (χ4n) is 5.60. The summed E-state index contributed by atoms with van der Waals surface area (Å²) in [5.74, 6) is 2.54. The molecular weight excluding hydrogens is 514 g/mol. The van der Waals surface area contributed by atoms with Crippen LogP contribution in [0.4, 0.5) is 11.8 Å². The van der Waals surface area contributed by atoms with E-state index in [2.05, 4.69) is 32.7 Å². The van der Waals surface area contributed by atoms with Crippen molar-refractivity contribution in [2.24, 2.45) is 0 Å². The van der Waals surface area contributed by atoms with Crippen molar-refractivity contribution in [3.63, 3.8) is 0 Å². The van der Waals surface area contributed by atoms with Crippen molar-refractivity contribution in [3.8, 4) is 11.6 Å². The number of halogens is 1. The molecule has 0 bridgehead atoms. The minimum absolute atomic E-state index is 0.00519. The highest BCUT2D eigenvalue weighted by Gasteiger charge is 2.34. The maximum Gasteiger partial charge on any atom is 0.234 e. The van der Waals surface area contributed by atoms with E-state index in [9.17, 15) is 0 Å². The summed E-state index contributed by atoms with van der Waals surface area (Å²) in [6.45, 7) is 2.69. The van der Waals surface area contributed by atoms with E-state index in [0.717, 1.165) is 61.9 Å². The largest absolute Gasteiger partial charge is 0.439 e. The molecule has 1 aromatic heterocycles. The van der Waals surface area contributed by atoms with Gasteiger partial charge in [-0.3, -0.25) is 0 Å². The molecule has 1 aliphatic heterocycles. The Bertz CT molecular complexity index is 1210. The Morgan fingerprint density at radius 2 is 1.63 bits per heavy atom. The van der Waals surface area contributed by atoms with E-state index in [0.29, 0.717) is 16.9 Å². The lowest BCUT2D eigenvalue weighted by molar-refractivity contribution is 0.292. The summed E-state index contributed by atoms with van der Waals surface area (Å²) in [6, 6.07) is 19.9. The molecule has 2 fully saturated rings. The number of ether oxygens (including phenoxy) is 1. The quantitative estimate of drug-likeness (QED) is 0.296. The van der Waals surface area contributed by atoms with Gasteiger partial charge in [-0.15, -0.1) is 0 Å². The third-order valence-corrected chi connectivity index (χ3v) is 8.13. The smallest absolute Gasteiger partial charge is 0.234 e. The van der Waals surface area contributed by atoms with E-state index in [1.54, 1.807) is 0 Å². The molecule has 200 valence electrons. The number of aromatic nitrogens is 2. The van der Waals surface area contributed by atoms with E-state index < -0.39 is 0 Å². The van der Waals surface area contributed by atoms with Gasteiger partial charge in [-0.25, -0.2) is 0 Å². The van der Waals surface area contributed by atoms with Gasteiger partial charge in [0.15, 0.2) is 5.11 Å². The molecule has 0 spiro atoms. The van der Waals surface area contributed by atoms with Crippen LogP contribution >= 0.6 is 23.8 Å². The van der Waals surface area contributed by atoms with Gasteiger partial charge < -0.3 is 20.3 Å². The molecule has 5 rings (SSSR count). The molecule has 38 heavy (non-hydrogen) atoms. The number of anilines is 2. The monoisotopic (exact) mass is 549 g/mol. The molecule has 0 radical (unpaired) electrons. The highest BCUT2D eigenvalue weighted by Crippen LogP contribution is 2.39. The first-order valence-electron chi connectivity index (χ1n) is 13.8. The summed E-state index contributed by atoms with van der Waals surface area (Å²) in [6.07, 6.45) is 10.7. The summed E-state index contributed by atoms with van der Waals surface area (Å²) < 4.78 is 6.11. The van der Waals surface area contributed by atoms with Gasteiger partial charge in [0.25, 0.3) is 0 Å². The van der Waals surface area contributed by atoms with Crippen LogP contribution in [0.5, 0.6) is 11.6 Å². The van der Waals surface area contributed by atoms with Crippen LogP contribution in [0.3, 0.4) is 0 Å². The Hall–Kier alpha value is -2.90. The third kappa shape index (κ3) is 6.94. The first kappa shape index (κ1) is 26.7. The van der Waals surface area contributed by atoms with Gasteiger partial charge in [0, 0.05) is 36.1 Å². The maximum absolute atomic E-state index is 6.37. The highest BCUT2D eigenvalue weighted by atomic mass is 35.5. The summed E-state index contributed by atoms with van der Waals surface area (Å²) in [4.78, 5) is 11.8. The third-order valence-electron chi connectivity index (χ3n) is 7.65. The van der Waals surface area contributed by atoms with Crippen LogP contribution in [-0.4, -0.2) is 34.7 Å². The van der Waals surface area contributed by atoms with Crippen LogP contribution in [0, 0.1) is 0 Å². The number of para-hydroxylation sites is 1. The predicted octanol–water partition coefficient (Wildman–Crippen LogP) is 7.49. The highest BCUT2D eigenvalue weighted by molar-refractivity contribution is 7.80. The van der Waals surface area contributed by atoms with Crippen molar-refractivity contribution in [1.82, 2.24) is 15.3 Å². The molecule has 0 amide bonds. The normalized spacial score (nSPS) is 17.3. The molecule has 6 nitrogen and oxygen atoms in total. The maximum atomic E-state index is 6.37. The summed E-state index contributed by atoms with van der Waals surface area (Å²) in [5.41, 5.74) is 1.28. The second-order valence-corrected chi connectivity index (χ2v) is 11.2. The standard InChI is InChI=1S/C30H36ClN5OS/c31-24-13-11-12-23(20-24)30(16-7-4-8-17-30)22-32-29(38)35-28-33-26(36-18-9-1-2-10-19-36)21-27(34-28)37-25-14-5-3-6-15-25/h3,5-6,11-15,20-21H,1-2,4,7-10,16-19,22H2,(H2,32,33,34,35,38). The van der Waals surface area contributed by atoms with Gasteiger partial charge in [-0.05, 0) is 67.7 Å². The first-order chi connectivity index (χ1) is 18.6. The topological polar surface area (TPSA) is 62.3 Å². The van der Waals surface area contributed by atoms with Gasteiger partial charge in [0.1, 0.15) is 11.6 Å². The predicted molar refractivity (Wildman–Crippen MR) is 160 cm³/mol. The van der Waals surface area contributed by atoms with E-state index >= 15 is 0 Å². The Balaban J connectivity index is 1.33. The molecule has 3 aromatic rings. The van der Waals surface area contributed by atoms with E-state index in [4.69, 9.17) is 33.5 Å². The number of thiocarbonyl (C=S) groups is 1. The minimum Gasteiger partial charge on any atom is -0.439 e. The average molecular weight is 550 g/mol. The van der Waals surface area contributed by atoms with Crippen LogP contribution < -0.4 is 20.3 Å². The van der Waals surface area contributed by atoms with Gasteiger partial charge >= 0.3 is 0 Å². The van der Waals surface area contributed by atoms with Crippen molar-refractivity contribution in [1.29, 1.82) is 0 Å². The summed E-state index contributed by atoms with van der Waals surface area (Å²) in [5, 5.41) is 8.01. The zero-order valence-electron chi connectivity index (χ0n) is 21.8. The minimum atomic E-state index is 0.00519. The molecule has 2 N–H and O–H groups in total. The average Bonchev–Trinajstić information content (AvgIpc) is 3.23. The molecule has 2 aliphatic rings. The van der Waals surface area contributed by atoms with Crippen LogP contribution in [0.25, 0.3) is 0 Å². The Morgan fingerprint density at radius 1 is 0.895 bits per heavy atom. The van der Waals surface area contributed by atoms with E-state index in [-0.39, 0.29) is 5.41 Å². The zero-order valence-corrected chi connectivity index (χ0v) is 23.4. The number of rotatable bonds is 7. The van der Waals surface area contributed by atoms with E-state index in [1.807, 2.05) is 48.5 Å². The van der Waals surface area contributed by atoms with E-state index in [1.165, 1.54) is 37.7 Å². The number of hydrogen-bond acceptors (Lipinski definition) is 5.